The lowest BCUT2D eigenvalue weighted by Crippen LogP contribution is -2.01. The summed E-state index contributed by atoms with van der Waals surface area (Å²) >= 11 is 0. The monoisotopic (exact) mass is 150 g/mol. The molecule has 0 spiro atoms. The molecule has 0 fully saturated rings. The number of carbonyl (C=O) groups excluding carboxylic acids is 1. The van der Waals surface area contributed by atoms with Gasteiger partial charge in [0.1, 0.15) is 6.29 Å². The number of benzene rings is 1. The van der Waals surface area contributed by atoms with Crippen LogP contribution in [0.1, 0.15) is 15.9 Å². The van der Waals surface area contributed by atoms with E-state index in [2.05, 4.69) is 0 Å². The molecule has 1 rings (SSSR count). The van der Waals surface area contributed by atoms with Crippen LogP contribution < -0.4 is 11.5 Å². The minimum Gasteiger partial charge on any atom is -0.398 e. The summed E-state index contributed by atoms with van der Waals surface area (Å²) in [7, 11) is 0. The molecule has 0 aliphatic rings. The van der Waals surface area contributed by atoms with Crippen LogP contribution in [0.3, 0.4) is 0 Å². The van der Waals surface area contributed by atoms with Gasteiger partial charge in [0.2, 0.25) is 0 Å². The first-order valence-corrected chi connectivity index (χ1v) is 3.31. The molecular weight excluding hydrogens is 140 g/mol. The van der Waals surface area contributed by atoms with Gasteiger partial charge in [-0.2, -0.15) is 0 Å². The van der Waals surface area contributed by atoms with Gasteiger partial charge in [-0.15, -0.1) is 0 Å². The van der Waals surface area contributed by atoms with Crippen LogP contribution >= 0.6 is 0 Å². The highest BCUT2D eigenvalue weighted by Gasteiger charge is 1.97. The molecule has 0 saturated carbocycles. The molecule has 58 valence electrons. The second-order valence-corrected chi connectivity index (χ2v) is 2.28. The van der Waals surface area contributed by atoms with Crippen LogP contribution in [0.25, 0.3) is 0 Å². The van der Waals surface area contributed by atoms with Gasteiger partial charge in [-0.25, -0.2) is 0 Å². The Balaban J connectivity index is 3.12. The van der Waals surface area contributed by atoms with E-state index >= 15 is 0 Å². The topological polar surface area (TPSA) is 69.1 Å². The third-order valence-electron chi connectivity index (χ3n) is 1.52. The number of anilines is 1. The van der Waals surface area contributed by atoms with E-state index in [1.54, 1.807) is 18.2 Å². The van der Waals surface area contributed by atoms with Crippen LogP contribution in [0.15, 0.2) is 18.2 Å². The Hall–Kier alpha value is -1.35. The van der Waals surface area contributed by atoms with Crippen molar-refractivity contribution < 1.29 is 4.79 Å². The van der Waals surface area contributed by atoms with Crippen LogP contribution in [0.2, 0.25) is 0 Å². The Morgan fingerprint density at radius 2 is 2.18 bits per heavy atom. The summed E-state index contributed by atoms with van der Waals surface area (Å²) in [5.41, 5.74) is 13.0. The summed E-state index contributed by atoms with van der Waals surface area (Å²) < 4.78 is 0. The first kappa shape index (κ1) is 7.75. The van der Waals surface area contributed by atoms with Gasteiger partial charge in [-0.1, -0.05) is 0 Å². The van der Waals surface area contributed by atoms with E-state index < -0.39 is 0 Å². The highest BCUT2D eigenvalue weighted by molar-refractivity contribution is 5.76. The van der Waals surface area contributed by atoms with Crippen molar-refractivity contribution in [3.05, 3.63) is 29.3 Å². The molecule has 1 aromatic carbocycles. The third kappa shape index (κ3) is 1.56. The van der Waals surface area contributed by atoms with Gasteiger partial charge in [0, 0.05) is 17.8 Å². The van der Waals surface area contributed by atoms with E-state index in [1.165, 1.54) is 0 Å². The number of rotatable bonds is 2. The maximum absolute atomic E-state index is 10.3. The molecular formula is C8H10N2O. The standard InChI is InChI=1S/C8H10N2O/c9-4-7-3-6(5-11)1-2-8(7)10/h1-3,5H,4,9-10H2. The summed E-state index contributed by atoms with van der Waals surface area (Å²) in [6.07, 6.45) is 0.776. The maximum Gasteiger partial charge on any atom is 0.150 e. The normalized spacial score (nSPS) is 9.55. The van der Waals surface area contributed by atoms with E-state index in [4.69, 9.17) is 11.5 Å². The van der Waals surface area contributed by atoms with Crippen molar-refractivity contribution in [3.63, 3.8) is 0 Å². The van der Waals surface area contributed by atoms with Crippen molar-refractivity contribution in [2.24, 2.45) is 5.73 Å². The van der Waals surface area contributed by atoms with E-state index in [1.807, 2.05) is 0 Å². The maximum atomic E-state index is 10.3. The lowest BCUT2D eigenvalue weighted by molar-refractivity contribution is 0.112. The summed E-state index contributed by atoms with van der Waals surface area (Å²) in [6, 6.07) is 5.05. The molecule has 4 N–H and O–H groups in total. The van der Waals surface area contributed by atoms with E-state index in [0.29, 0.717) is 17.8 Å². The molecule has 0 saturated heterocycles. The van der Waals surface area contributed by atoms with Gasteiger partial charge in [0.05, 0.1) is 0 Å². The molecule has 0 heterocycles. The average molecular weight is 150 g/mol. The minimum absolute atomic E-state index is 0.369. The van der Waals surface area contributed by atoms with Gasteiger partial charge in [-0.05, 0) is 23.8 Å². The van der Waals surface area contributed by atoms with Crippen LogP contribution in [-0.4, -0.2) is 6.29 Å². The molecule has 0 radical (unpaired) electrons. The fourth-order valence-corrected chi connectivity index (χ4v) is 0.876. The Bertz CT molecular complexity index is 271. The molecule has 11 heavy (non-hydrogen) atoms. The van der Waals surface area contributed by atoms with E-state index in [9.17, 15) is 4.79 Å². The summed E-state index contributed by atoms with van der Waals surface area (Å²) in [5.74, 6) is 0. The smallest absolute Gasteiger partial charge is 0.150 e. The van der Waals surface area contributed by atoms with Crippen molar-refractivity contribution in [2.75, 3.05) is 5.73 Å². The van der Waals surface area contributed by atoms with Crippen LogP contribution in [0.4, 0.5) is 5.69 Å². The van der Waals surface area contributed by atoms with Gasteiger partial charge in [-0.3, -0.25) is 4.79 Å². The number of nitrogens with two attached hydrogens (primary N) is 2. The first-order chi connectivity index (χ1) is 5.27. The molecule has 0 amide bonds. The molecule has 0 atom stereocenters. The van der Waals surface area contributed by atoms with Crippen molar-refractivity contribution in [1.82, 2.24) is 0 Å². The van der Waals surface area contributed by atoms with Crippen LogP contribution in [-0.2, 0) is 6.54 Å². The molecule has 0 aliphatic carbocycles. The van der Waals surface area contributed by atoms with Crippen molar-refractivity contribution in [1.29, 1.82) is 0 Å². The zero-order chi connectivity index (χ0) is 8.27. The SMILES string of the molecule is NCc1cc(C=O)ccc1N. The van der Waals surface area contributed by atoms with Gasteiger partial charge < -0.3 is 11.5 Å². The predicted molar refractivity (Wildman–Crippen MR) is 44.1 cm³/mol. The molecule has 3 nitrogen and oxygen atoms in total. The van der Waals surface area contributed by atoms with Crippen LogP contribution in [0.5, 0.6) is 0 Å². The predicted octanol–water partition coefficient (Wildman–Crippen LogP) is 0.540. The first-order valence-electron chi connectivity index (χ1n) is 3.31. The van der Waals surface area contributed by atoms with E-state index in [-0.39, 0.29) is 0 Å². The Morgan fingerprint density at radius 3 is 2.73 bits per heavy atom. The Morgan fingerprint density at radius 1 is 1.45 bits per heavy atom. The second-order valence-electron chi connectivity index (χ2n) is 2.28. The molecule has 0 aliphatic heterocycles. The highest BCUT2D eigenvalue weighted by Crippen LogP contribution is 2.11. The van der Waals surface area contributed by atoms with E-state index in [0.717, 1.165) is 11.8 Å². The lowest BCUT2D eigenvalue weighted by atomic mass is 10.1. The van der Waals surface area contributed by atoms with Crippen molar-refractivity contribution in [3.8, 4) is 0 Å². The summed E-state index contributed by atoms with van der Waals surface area (Å²) in [4.78, 5) is 10.3. The Labute approximate surface area is 65.0 Å². The zero-order valence-electron chi connectivity index (χ0n) is 6.08. The van der Waals surface area contributed by atoms with Crippen molar-refractivity contribution in [2.45, 2.75) is 6.54 Å². The number of nitrogen functional groups attached to an aromatic ring is 1. The summed E-state index contributed by atoms with van der Waals surface area (Å²) in [5, 5.41) is 0. The van der Waals surface area contributed by atoms with Crippen molar-refractivity contribution >= 4 is 12.0 Å². The fraction of sp³-hybridized carbons (Fsp3) is 0.125. The molecule has 0 aromatic heterocycles. The number of hydrogen-bond donors (Lipinski definition) is 2. The number of carbonyl (C=O) groups is 1. The van der Waals surface area contributed by atoms with Gasteiger partial charge in [0.15, 0.2) is 0 Å². The zero-order valence-corrected chi connectivity index (χ0v) is 6.08. The molecule has 1 aromatic rings. The molecule has 0 unspecified atom stereocenters. The average Bonchev–Trinajstić information content (AvgIpc) is 2.05. The Kier molecular flexibility index (Phi) is 2.23. The largest absolute Gasteiger partial charge is 0.398 e. The second kappa shape index (κ2) is 3.16. The molecule has 3 heteroatoms. The highest BCUT2D eigenvalue weighted by atomic mass is 16.1. The third-order valence-corrected chi connectivity index (χ3v) is 1.52. The van der Waals surface area contributed by atoms with Gasteiger partial charge in [0.25, 0.3) is 0 Å². The quantitative estimate of drug-likeness (QED) is 0.477. The fourth-order valence-electron chi connectivity index (χ4n) is 0.876. The molecule has 0 bridgehead atoms. The van der Waals surface area contributed by atoms with Gasteiger partial charge >= 0.3 is 0 Å². The minimum atomic E-state index is 0.369. The number of hydrogen-bond acceptors (Lipinski definition) is 3. The number of aldehydes is 1. The summed E-state index contributed by atoms with van der Waals surface area (Å²) in [6.45, 7) is 0.369. The lowest BCUT2D eigenvalue weighted by Gasteiger charge is -2.01. The van der Waals surface area contributed by atoms with Crippen LogP contribution in [0, 0.1) is 0 Å².